The molecule has 0 bridgehead atoms. The van der Waals surface area contributed by atoms with E-state index in [-0.39, 0.29) is 45.8 Å². The van der Waals surface area contributed by atoms with Crippen molar-refractivity contribution in [3.63, 3.8) is 0 Å². The molecule has 0 atom stereocenters. The van der Waals surface area contributed by atoms with Crippen molar-refractivity contribution >= 4 is 41.2 Å². The van der Waals surface area contributed by atoms with E-state index in [2.05, 4.69) is 10.6 Å². The van der Waals surface area contributed by atoms with Crippen molar-refractivity contribution in [1.82, 2.24) is 0 Å². The molecule has 13 heteroatoms. The third-order valence-electron chi connectivity index (χ3n) is 8.33. The van der Waals surface area contributed by atoms with Crippen LogP contribution in [-0.4, -0.2) is 43.6 Å². The Labute approximate surface area is 358 Å². The van der Waals surface area contributed by atoms with Crippen molar-refractivity contribution in [1.29, 1.82) is 0 Å². The number of hydrogen-bond acceptors (Lipinski definition) is 7. The molecule has 322 valence electrons. The lowest BCUT2D eigenvalue weighted by atomic mass is 10.0. The van der Waals surface area contributed by atoms with E-state index in [4.69, 9.17) is 14.2 Å². The quantitative estimate of drug-likeness (QED) is 0.0674. The first-order valence-electron chi connectivity index (χ1n) is 18.5. The molecule has 0 aliphatic carbocycles. The summed E-state index contributed by atoms with van der Waals surface area (Å²) in [5.74, 6) is -4.20. The number of nitrogens with one attached hydrogen (secondary N) is 2. The summed E-state index contributed by atoms with van der Waals surface area (Å²) in [4.78, 5) is 48.1. The maximum absolute atomic E-state index is 14.3. The van der Waals surface area contributed by atoms with Gasteiger partial charge in [-0.3, -0.25) is 9.59 Å². The highest BCUT2D eigenvalue weighted by Gasteiger charge is 2.16. The zero-order valence-corrected chi connectivity index (χ0v) is 32.3. The SMILES string of the molecule is C.C.CCOC(=O)/C=C/c1cccc(NC(=O)c2cc(-c3cccc(F)c3)ccc2F)c1.CCOC(=O)COc1cccc(NC(=O)c2cc(-c3cccc(F)c3)ccc2F)c1. The predicted molar refractivity (Wildman–Crippen MR) is 234 cm³/mol. The molecular formula is C49H46F4N2O7. The molecule has 0 saturated heterocycles. The topological polar surface area (TPSA) is 120 Å². The van der Waals surface area contributed by atoms with Gasteiger partial charge in [0.15, 0.2) is 6.61 Å². The Morgan fingerprint density at radius 3 is 1.55 bits per heavy atom. The average Bonchev–Trinajstić information content (AvgIpc) is 3.23. The van der Waals surface area contributed by atoms with E-state index in [1.807, 2.05) is 0 Å². The predicted octanol–water partition coefficient (Wildman–Crippen LogP) is 11.6. The van der Waals surface area contributed by atoms with Crippen LogP contribution in [0.3, 0.4) is 0 Å². The Bertz CT molecular complexity index is 2530. The van der Waals surface area contributed by atoms with Gasteiger partial charge in [0.1, 0.15) is 29.0 Å². The lowest BCUT2D eigenvalue weighted by molar-refractivity contribution is -0.145. The first-order valence-corrected chi connectivity index (χ1v) is 18.5. The fourth-order valence-corrected chi connectivity index (χ4v) is 5.57. The number of carbonyl (C=O) groups is 4. The van der Waals surface area contributed by atoms with E-state index < -0.39 is 47.0 Å². The van der Waals surface area contributed by atoms with E-state index in [1.165, 1.54) is 72.8 Å². The minimum absolute atomic E-state index is 0. The molecule has 2 N–H and O–H groups in total. The van der Waals surface area contributed by atoms with Gasteiger partial charge in [-0.05, 0) is 121 Å². The molecule has 2 amide bonds. The number of benzene rings is 6. The van der Waals surface area contributed by atoms with Crippen LogP contribution in [0.25, 0.3) is 28.3 Å². The highest BCUT2D eigenvalue weighted by atomic mass is 19.1. The number of rotatable bonds is 13. The Balaban J connectivity index is 0.000000320. The minimum atomic E-state index is -0.706. The summed E-state index contributed by atoms with van der Waals surface area (Å²) in [6, 6.07) is 32.8. The molecule has 0 unspecified atom stereocenters. The Kier molecular flexibility index (Phi) is 18.8. The Morgan fingerprint density at radius 1 is 0.548 bits per heavy atom. The van der Waals surface area contributed by atoms with Crippen molar-refractivity contribution < 1.29 is 51.0 Å². The van der Waals surface area contributed by atoms with Gasteiger partial charge >= 0.3 is 11.9 Å². The molecule has 0 spiro atoms. The number of halogens is 4. The Morgan fingerprint density at radius 2 is 1.03 bits per heavy atom. The van der Waals surface area contributed by atoms with E-state index >= 15 is 0 Å². The standard InChI is InChI=1S/C24H19F2NO3.C23H19F2NO4.2CH4/c1-2-30-23(28)12-9-16-5-3-8-20(13-16)27-24(29)21-15-18(10-11-22(21)26)17-6-4-7-19(25)14-17;1-2-29-22(27)14-30-19-8-4-7-18(13-19)26-23(28)20-12-16(9-10-21(20)25)15-5-3-6-17(24)11-15;;/h3-15H,2H2,1H3,(H,27,29);3-13H,2,14H2,1H3,(H,26,28);2*1H4/b12-9+;;;. The second-order valence-electron chi connectivity index (χ2n) is 12.7. The molecular weight excluding hydrogens is 805 g/mol. The highest BCUT2D eigenvalue weighted by molar-refractivity contribution is 6.06. The van der Waals surface area contributed by atoms with Crippen molar-refractivity contribution in [3.8, 4) is 28.0 Å². The van der Waals surface area contributed by atoms with Gasteiger partial charge in [-0.15, -0.1) is 0 Å². The minimum Gasteiger partial charge on any atom is -0.482 e. The summed E-state index contributed by atoms with van der Waals surface area (Å²) in [6.07, 6.45) is 2.84. The van der Waals surface area contributed by atoms with Crippen molar-refractivity contribution in [2.24, 2.45) is 0 Å². The van der Waals surface area contributed by atoms with E-state index in [9.17, 15) is 36.7 Å². The molecule has 6 aromatic rings. The number of esters is 2. The van der Waals surface area contributed by atoms with Crippen LogP contribution in [0.4, 0.5) is 28.9 Å². The number of anilines is 2. The molecule has 0 heterocycles. The maximum Gasteiger partial charge on any atom is 0.344 e. The smallest absolute Gasteiger partial charge is 0.344 e. The van der Waals surface area contributed by atoms with Crippen molar-refractivity contribution in [2.45, 2.75) is 28.7 Å². The van der Waals surface area contributed by atoms with Crippen molar-refractivity contribution in [2.75, 3.05) is 30.5 Å². The van der Waals surface area contributed by atoms with Crippen LogP contribution in [-0.2, 0) is 19.1 Å². The van der Waals surface area contributed by atoms with Gasteiger partial charge in [-0.25, -0.2) is 27.2 Å². The third kappa shape index (κ3) is 14.3. The van der Waals surface area contributed by atoms with Crippen LogP contribution in [0.1, 0.15) is 55.0 Å². The molecule has 62 heavy (non-hydrogen) atoms. The van der Waals surface area contributed by atoms with Crippen LogP contribution in [0.5, 0.6) is 5.75 Å². The normalized spacial score (nSPS) is 10.2. The summed E-state index contributed by atoms with van der Waals surface area (Å²) in [5, 5.41) is 5.23. The summed E-state index contributed by atoms with van der Waals surface area (Å²) in [6.45, 7) is 3.66. The molecule has 6 rings (SSSR count). The largest absolute Gasteiger partial charge is 0.482 e. The second kappa shape index (κ2) is 23.9. The fourth-order valence-electron chi connectivity index (χ4n) is 5.57. The van der Waals surface area contributed by atoms with E-state index in [1.54, 1.807) is 80.6 Å². The van der Waals surface area contributed by atoms with Crippen molar-refractivity contribution in [3.05, 3.63) is 179 Å². The van der Waals surface area contributed by atoms with Crippen LogP contribution < -0.4 is 15.4 Å². The molecule has 6 aromatic carbocycles. The van der Waals surface area contributed by atoms with Gasteiger partial charge in [0.05, 0.1) is 24.3 Å². The van der Waals surface area contributed by atoms with Crippen LogP contribution in [0.15, 0.2) is 140 Å². The second-order valence-corrected chi connectivity index (χ2v) is 12.7. The summed E-state index contributed by atoms with van der Waals surface area (Å²) in [5.41, 5.74) is 3.19. The average molecular weight is 851 g/mol. The summed E-state index contributed by atoms with van der Waals surface area (Å²) in [7, 11) is 0. The molecule has 0 fully saturated rings. The zero-order valence-electron chi connectivity index (χ0n) is 32.3. The maximum atomic E-state index is 14.3. The number of hydrogen-bond donors (Lipinski definition) is 2. The summed E-state index contributed by atoms with van der Waals surface area (Å²) >= 11 is 0. The Hall–Kier alpha value is -7.54. The molecule has 0 aromatic heterocycles. The molecule has 0 radical (unpaired) electrons. The molecule has 9 nitrogen and oxygen atoms in total. The van der Waals surface area contributed by atoms with Gasteiger partial charge in [-0.1, -0.05) is 69.5 Å². The van der Waals surface area contributed by atoms with Gasteiger partial charge < -0.3 is 24.8 Å². The first-order chi connectivity index (χ1) is 28.9. The fraction of sp³-hybridized carbons (Fsp3) is 0.143. The van der Waals surface area contributed by atoms with Gasteiger partial charge in [0.25, 0.3) is 11.8 Å². The lowest BCUT2D eigenvalue weighted by Gasteiger charge is -2.10. The van der Waals surface area contributed by atoms with E-state index in [0.717, 1.165) is 6.07 Å². The zero-order chi connectivity index (χ0) is 43.0. The highest BCUT2D eigenvalue weighted by Crippen LogP contribution is 2.26. The molecule has 0 aliphatic rings. The monoisotopic (exact) mass is 850 g/mol. The third-order valence-corrected chi connectivity index (χ3v) is 8.33. The van der Waals surface area contributed by atoms with Crippen LogP contribution >= 0.6 is 0 Å². The first kappa shape index (κ1) is 48.8. The molecule has 0 aliphatic heterocycles. The lowest BCUT2D eigenvalue weighted by Crippen LogP contribution is -2.15. The number of carbonyl (C=O) groups excluding carboxylic acids is 4. The van der Waals surface area contributed by atoms with E-state index in [0.29, 0.717) is 44.9 Å². The van der Waals surface area contributed by atoms with Crippen LogP contribution in [0.2, 0.25) is 0 Å². The summed E-state index contributed by atoms with van der Waals surface area (Å²) < 4.78 is 70.4. The van der Waals surface area contributed by atoms with Crippen LogP contribution in [0, 0.1) is 23.3 Å². The number of amides is 2. The van der Waals surface area contributed by atoms with Gasteiger partial charge in [0, 0.05) is 23.5 Å². The molecule has 0 saturated carbocycles. The van der Waals surface area contributed by atoms with Gasteiger partial charge in [0.2, 0.25) is 0 Å². The van der Waals surface area contributed by atoms with Gasteiger partial charge in [-0.2, -0.15) is 0 Å². The number of ether oxygens (including phenoxy) is 3.